The van der Waals surface area contributed by atoms with Gasteiger partial charge in [0.05, 0.1) is 18.0 Å². The summed E-state index contributed by atoms with van der Waals surface area (Å²) in [4.78, 5) is 16.9. The fourth-order valence-electron chi connectivity index (χ4n) is 3.67. The number of hydrogen-bond donors (Lipinski definition) is 0. The van der Waals surface area contributed by atoms with Crippen molar-refractivity contribution in [3.8, 4) is 5.75 Å². The zero-order valence-electron chi connectivity index (χ0n) is 19.6. The van der Waals surface area contributed by atoms with Crippen molar-refractivity contribution in [3.63, 3.8) is 0 Å². The summed E-state index contributed by atoms with van der Waals surface area (Å²) in [6.45, 7) is 7.13. The number of amides is 1. The molecular weight excluding hydrogens is 438 g/mol. The Morgan fingerprint density at radius 2 is 1.67 bits per heavy atom. The van der Waals surface area contributed by atoms with E-state index in [2.05, 4.69) is 29.2 Å². The van der Waals surface area contributed by atoms with Gasteiger partial charge in [-0.05, 0) is 43.7 Å². The molecule has 33 heavy (non-hydrogen) atoms. The van der Waals surface area contributed by atoms with Crippen LogP contribution in [0.15, 0.2) is 60.7 Å². The van der Waals surface area contributed by atoms with Crippen molar-refractivity contribution in [1.29, 1.82) is 0 Å². The summed E-state index contributed by atoms with van der Waals surface area (Å²) in [5.74, 6) is 0.466. The Kier molecular flexibility index (Phi) is 8.52. The van der Waals surface area contributed by atoms with E-state index in [1.54, 1.807) is 29.2 Å². The second-order valence-corrected chi connectivity index (χ2v) is 10.3. The zero-order valence-corrected chi connectivity index (χ0v) is 20.4. The lowest BCUT2D eigenvalue weighted by Gasteiger charge is -2.35. The van der Waals surface area contributed by atoms with Gasteiger partial charge in [-0.15, -0.1) is 0 Å². The van der Waals surface area contributed by atoms with Gasteiger partial charge in [0.2, 0.25) is 15.9 Å². The summed E-state index contributed by atoms with van der Waals surface area (Å²) in [6.07, 6.45) is 5.37. The second-order valence-electron chi connectivity index (χ2n) is 8.42. The predicted molar refractivity (Wildman–Crippen MR) is 133 cm³/mol. The van der Waals surface area contributed by atoms with Gasteiger partial charge in [-0.1, -0.05) is 42.5 Å². The molecule has 2 aromatic carbocycles. The SMILES string of the molecule is CC(C)Oc1ccc(N(CC(=O)N2CCN(C/C=C/c3ccccc3)CC2)S(C)(=O)=O)cc1. The molecule has 1 saturated heterocycles. The van der Waals surface area contributed by atoms with Crippen molar-refractivity contribution in [2.45, 2.75) is 20.0 Å². The van der Waals surface area contributed by atoms with E-state index in [-0.39, 0.29) is 18.6 Å². The first-order valence-electron chi connectivity index (χ1n) is 11.2. The Morgan fingerprint density at radius 3 is 2.24 bits per heavy atom. The average Bonchev–Trinajstić information content (AvgIpc) is 2.78. The smallest absolute Gasteiger partial charge is 0.243 e. The molecule has 1 fully saturated rings. The number of anilines is 1. The highest BCUT2D eigenvalue weighted by Crippen LogP contribution is 2.22. The first kappa shape index (κ1) is 24.8. The molecule has 1 aliphatic heterocycles. The highest BCUT2D eigenvalue weighted by molar-refractivity contribution is 7.92. The van der Waals surface area contributed by atoms with Crippen LogP contribution in [0.3, 0.4) is 0 Å². The number of carbonyl (C=O) groups is 1. The number of ether oxygens (including phenoxy) is 1. The quantitative estimate of drug-likeness (QED) is 0.562. The minimum Gasteiger partial charge on any atom is -0.491 e. The van der Waals surface area contributed by atoms with Gasteiger partial charge < -0.3 is 9.64 Å². The molecule has 0 radical (unpaired) electrons. The third kappa shape index (κ3) is 7.61. The van der Waals surface area contributed by atoms with E-state index in [1.807, 2.05) is 32.0 Å². The van der Waals surface area contributed by atoms with Crippen molar-refractivity contribution in [2.24, 2.45) is 0 Å². The molecule has 0 aromatic heterocycles. The molecule has 0 unspecified atom stereocenters. The molecule has 1 aliphatic rings. The van der Waals surface area contributed by atoms with E-state index in [0.29, 0.717) is 24.5 Å². The third-order valence-electron chi connectivity index (χ3n) is 5.37. The van der Waals surface area contributed by atoms with Crippen LogP contribution in [0.5, 0.6) is 5.75 Å². The molecule has 0 aliphatic carbocycles. The molecule has 8 heteroatoms. The monoisotopic (exact) mass is 471 g/mol. The van der Waals surface area contributed by atoms with E-state index in [9.17, 15) is 13.2 Å². The van der Waals surface area contributed by atoms with Gasteiger partial charge in [-0.2, -0.15) is 0 Å². The number of piperazine rings is 1. The van der Waals surface area contributed by atoms with Crippen LogP contribution in [-0.2, 0) is 14.8 Å². The average molecular weight is 472 g/mol. The molecule has 0 atom stereocenters. The van der Waals surface area contributed by atoms with Crippen LogP contribution in [0.4, 0.5) is 5.69 Å². The van der Waals surface area contributed by atoms with E-state index in [1.165, 1.54) is 0 Å². The molecular formula is C25H33N3O4S. The summed E-state index contributed by atoms with van der Waals surface area (Å²) in [5, 5.41) is 0. The maximum atomic E-state index is 12.9. The molecule has 1 amide bonds. The van der Waals surface area contributed by atoms with Crippen LogP contribution in [0.1, 0.15) is 19.4 Å². The van der Waals surface area contributed by atoms with Crippen LogP contribution in [0, 0.1) is 0 Å². The van der Waals surface area contributed by atoms with E-state index in [4.69, 9.17) is 4.74 Å². The summed E-state index contributed by atoms with van der Waals surface area (Å²) >= 11 is 0. The van der Waals surface area contributed by atoms with Gasteiger partial charge >= 0.3 is 0 Å². The normalized spacial score (nSPS) is 15.2. The Morgan fingerprint density at radius 1 is 1.03 bits per heavy atom. The molecule has 1 heterocycles. The van der Waals surface area contributed by atoms with E-state index >= 15 is 0 Å². The Hall–Kier alpha value is -2.84. The molecule has 0 bridgehead atoms. The van der Waals surface area contributed by atoms with Gasteiger partial charge in [0, 0.05) is 32.7 Å². The fraction of sp³-hybridized carbons (Fsp3) is 0.400. The standard InChI is InChI=1S/C25H33N3O4S/c1-21(2)32-24-13-11-23(12-14-24)28(33(3,30)31)20-25(29)27-18-16-26(17-19-27)15-7-10-22-8-5-4-6-9-22/h4-14,21H,15-20H2,1-3H3/b10-7+. The first-order valence-corrected chi connectivity index (χ1v) is 13.0. The molecule has 0 saturated carbocycles. The molecule has 178 valence electrons. The second kappa shape index (κ2) is 11.3. The maximum Gasteiger partial charge on any atom is 0.243 e. The zero-order chi connectivity index (χ0) is 23.8. The van der Waals surface area contributed by atoms with E-state index < -0.39 is 10.0 Å². The van der Waals surface area contributed by atoms with Crippen molar-refractivity contribution >= 4 is 27.7 Å². The molecule has 7 nitrogen and oxygen atoms in total. The fourth-order valence-corrected chi connectivity index (χ4v) is 4.52. The Balaban J connectivity index is 1.55. The molecule has 2 aromatic rings. The predicted octanol–water partition coefficient (Wildman–Crippen LogP) is 3.10. The first-order chi connectivity index (χ1) is 15.7. The molecule has 3 rings (SSSR count). The lowest BCUT2D eigenvalue weighted by molar-refractivity contribution is -0.131. The number of rotatable bonds is 9. The van der Waals surface area contributed by atoms with Gasteiger partial charge in [-0.3, -0.25) is 14.0 Å². The van der Waals surface area contributed by atoms with Crippen LogP contribution in [0.2, 0.25) is 0 Å². The largest absolute Gasteiger partial charge is 0.491 e. The van der Waals surface area contributed by atoms with Gasteiger partial charge in [0.1, 0.15) is 12.3 Å². The maximum absolute atomic E-state index is 12.9. The number of carbonyl (C=O) groups excluding carboxylic acids is 1. The minimum absolute atomic E-state index is 0.0240. The Bertz CT molecular complexity index is 1030. The summed E-state index contributed by atoms with van der Waals surface area (Å²) < 4.78 is 31.6. The van der Waals surface area contributed by atoms with Gasteiger partial charge in [0.15, 0.2) is 0 Å². The third-order valence-corrected chi connectivity index (χ3v) is 6.51. The summed E-state index contributed by atoms with van der Waals surface area (Å²) in [5.41, 5.74) is 1.61. The minimum atomic E-state index is -3.61. The van der Waals surface area contributed by atoms with Crippen LogP contribution in [-0.4, -0.2) is 75.8 Å². The van der Waals surface area contributed by atoms with Crippen LogP contribution < -0.4 is 9.04 Å². The molecule has 0 spiro atoms. The number of sulfonamides is 1. The number of nitrogens with zero attached hydrogens (tertiary/aromatic N) is 3. The van der Waals surface area contributed by atoms with Gasteiger partial charge in [-0.25, -0.2) is 8.42 Å². The number of hydrogen-bond acceptors (Lipinski definition) is 5. The van der Waals surface area contributed by atoms with Crippen LogP contribution >= 0.6 is 0 Å². The van der Waals surface area contributed by atoms with Crippen molar-refractivity contribution in [2.75, 3.05) is 49.8 Å². The number of benzene rings is 2. The summed E-state index contributed by atoms with van der Waals surface area (Å²) in [6, 6.07) is 16.9. The van der Waals surface area contributed by atoms with Crippen molar-refractivity contribution in [1.82, 2.24) is 9.80 Å². The van der Waals surface area contributed by atoms with E-state index in [0.717, 1.165) is 35.8 Å². The highest BCUT2D eigenvalue weighted by Gasteiger charge is 2.26. The van der Waals surface area contributed by atoms with Gasteiger partial charge in [0.25, 0.3) is 0 Å². The topological polar surface area (TPSA) is 70.2 Å². The lowest BCUT2D eigenvalue weighted by atomic mass is 10.2. The van der Waals surface area contributed by atoms with Crippen molar-refractivity contribution in [3.05, 3.63) is 66.2 Å². The highest BCUT2D eigenvalue weighted by atomic mass is 32.2. The van der Waals surface area contributed by atoms with Crippen LogP contribution in [0.25, 0.3) is 6.08 Å². The molecule has 0 N–H and O–H groups in total. The summed E-state index contributed by atoms with van der Waals surface area (Å²) in [7, 11) is -3.61. The van der Waals surface area contributed by atoms with Crippen molar-refractivity contribution < 1.29 is 17.9 Å². The Labute approximate surface area is 197 Å². The lowest BCUT2D eigenvalue weighted by Crippen LogP contribution is -2.51.